The van der Waals surface area contributed by atoms with Crippen molar-refractivity contribution in [3.63, 3.8) is 0 Å². The number of nitrogens with zero attached hydrogens (tertiary/aromatic N) is 2. The lowest BCUT2D eigenvalue weighted by atomic mass is 9.87. The molecule has 29 heavy (non-hydrogen) atoms. The van der Waals surface area contributed by atoms with E-state index < -0.39 is 6.17 Å². The Morgan fingerprint density at radius 3 is 2.38 bits per heavy atom. The molecular formula is C23H26F2N2O2. The number of amides is 1. The molecule has 0 saturated carbocycles. The van der Waals surface area contributed by atoms with Gasteiger partial charge in [0.15, 0.2) is 0 Å². The van der Waals surface area contributed by atoms with Crippen LogP contribution in [0.25, 0.3) is 0 Å². The van der Waals surface area contributed by atoms with Gasteiger partial charge in [-0.25, -0.2) is 8.78 Å². The molecule has 2 aromatic carbocycles. The van der Waals surface area contributed by atoms with E-state index in [0.717, 1.165) is 11.1 Å². The predicted octanol–water partition coefficient (Wildman–Crippen LogP) is 4.02. The molecule has 2 aliphatic heterocycles. The first-order valence-electron chi connectivity index (χ1n) is 10.2. The van der Waals surface area contributed by atoms with E-state index in [1.807, 2.05) is 16.7 Å². The Labute approximate surface area is 169 Å². The van der Waals surface area contributed by atoms with E-state index >= 15 is 0 Å². The molecule has 1 N–H and O–H groups in total. The van der Waals surface area contributed by atoms with Crippen molar-refractivity contribution in [2.45, 2.75) is 43.9 Å². The van der Waals surface area contributed by atoms with Crippen molar-refractivity contribution in [1.29, 1.82) is 0 Å². The van der Waals surface area contributed by atoms with Crippen LogP contribution < -0.4 is 0 Å². The molecule has 0 aromatic heterocycles. The number of likely N-dealkylation sites (tertiary alicyclic amines) is 2. The quantitative estimate of drug-likeness (QED) is 0.843. The summed E-state index contributed by atoms with van der Waals surface area (Å²) in [6, 6.07) is 12.5. The maximum Gasteiger partial charge on any atom is 0.240 e. The van der Waals surface area contributed by atoms with Crippen molar-refractivity contribution < 1.29 is 18.7 Å². The number of hydrogen-bond acceptors (Lipinski definition) is 3. The zero-order valence-corrected chi connectivity index (χ0v) is 16.5. The van der Waals surface area contributed by atoms with Crippen LogP contribution in [0.1, 0.15) is 42.9 Å². The van der Waals surface area contributed by atoms with Gasteiger partial charge < -0.3 is 10.0 Å². The summed E-state index contributed by atoms with van der Waals surface area (Å²) < 4.78 is 28.1. The van der Waals surface area contributed by atoms with Crippen molar-refractivity contribution in [3.8, 4) is 5.75 Å². The third-order valence-electron chi connectivity index (χ3n) is 6.37. The summed E-state index contributed by atoms with van der Waals surface area (Å²) in [6.45, 7) is 3.47. The van der Waals surface area contributed by atoms with Crippen LogP contribution in [-0.4, -0.2) is 52.7 Å². The van der Waals surface area contributed by atoms with Crippen LogP contribution in [0.2, 0.25) is 0 Å². The van der Waals surface area contributed by atoms with Gasteiger partial charge in [0.2, 0.25) is 5.91 Å². The molecule has 0 spiro atoms. The summed E-state index contributed by atoms with van der Waals surface area (Å²) in [4.78, 5) is 16.8. The highest BCUT2D eigenvalue weighted by molar-refractivity contribution is 5.84. The van der Waals surface area contributed by atoms with Crippen LogP contribution in [0.3, 0.4) is 0 Å². The molecule has 0 radical (unpaired) electrons. The van der Waals surface area contributed by atoms with Crippen LogP contribution >= 0.6 is 0 Å². The highest BCUT2D eigenvalue weighted by atomic mass is 19.1. The number of phenolic OH excluding ortho intramolecular Hbond substituents is 1. The van der Waals surface area contributed by atoms with Crippen molar-refractivity contribution >= 4 is 5.91 Å². The van der Waals surface area contributed by atoms with Crippen LogP contribution in [0.4, 0.5) is 8.78 Å². The Morgan fingerprint density at radius 2 is 1.72 bits per heavy atom. The van der Waals surface area contributed by atoms with Gasteiger partial charge in [-0.3, -0.25) is 9.69 Å². The molecule has 2 heterocycles. The molecule has 1 unspecified atom stereocenters. The summed E-state index contributed by atoms with van der Waals surface area (Å²) in [5.74, 6) is -0.305. The second-order valence-electron chi connectivity index (χ2n) is 8.06. The van der Waals surface area contributed by atoms with E-state index in [4.69, 9.17) is 0 Å². The van der Waals surface area contributed by atoms with Crippen LogP contribution in [0.5, 0.6) is 5.75 Å². The molecule has 4 rings (SSSR count). The molecule has 2 fully saturated rings. The minimum Gasteiger partial charge on any atom is -0.508 e. The predicted molar refractivity (Wildman–Crippen MR) is 107 cm³/mol. The van der Waals surface area contributed by atoms with Gasteiger partial charge in [-0.2, -0.15) is 0 Å². The van der Waals surface area contributed by atoms with E-state index in [0.29, 0.717) is 25.9 Å². The Morgan fingerprint density at radius 1 is 1.03 bits per heavy atom. The lowest BCUT2D eigenvalue weighted by molar-refractivity contribution is -0.134. The van der Waals surface area contributed by atoms with Gasteiger partial charge in [0.05, 0.1) is 12.1 Å². The van der Waals surface area contributed by atoms with E-state index in [2.05, 4.69) is 0 Å². The van der Waals surface area contributed by atoms with Crippen molar-refractivity contribution in [2.75, 3.05) is 19.6 Å². The van der Waals surface area contributed by atoms with Crippen LogP contribution in [0, 0.1) is 5.82 Å². The summed E-state index contributed by atoms with van der Waals surface area (Å²) in [7, 11) is 0. The second-order valence-corrected chi connectivity index (χ2v) is 8.06. The molecule has 2 aromatic rings. The standard InChI is InChI=1S/C23H26F2N2O2/c1-15(16-2-6-18(24)7-3-16)27-13-11-22(23(27)29)26-12-10-20(21(25)14-26)17-4-8-19(28)9-5-17/h2-9,15,20-22,28H,10-14H2,1H3/t15?,20-,21+,22+/m0/s1. The highest BCUT2D eigenvalue weighted by Gasteiger charge is 2.42. The number of carbonyl (C=O) groups excluding carboxylic acids is 1. The minimum atomic E-state index is -1.05. The Balaban J connectivity index is 1.40. The third kappa shape index (κ3) is 3.99. The molecule has 4 nitrogen and oxygen atoms in total. The fourth-order valence-corrected chi connectivity index (χ4v) is 4.64. The molecular weight excluding hydrogens is 374 g/mol. The fraction of sp³-hybridized carbons (Fsp3) is 0.435. The maximum atomic E-state index is 15.0. The highest BCUT2D eigenvalue weighted by Crippen LogP contribution is 2.35. The lowest BCUT2D eigenvalue weighted by Crippen LogP contribution is -2.49. The molecule has 6 heteroatoms. The van der Waals surface area contributed by atoms with Gasteiger partial charge in [0.1, 0.15) is 17.7 Å². The van der Waals surface area contributed by atoms with Gasteiger partial charge in [0.25, 0.3) is 0 Å². The fourth-order valence-electron chi connectivity index (χ4n) is 4.64. The number of phenols is 1. The Bertz CT molecular complexity index is 856. The molecule has 4 atom stereocenters. The number of aromatic hydroxyl groups is 1. The minimum absolute atomic E-state index is 0.0251. The maximum absolute atomic E-state index is 15.0. The van der Waals surface area contributed by atoms with E-state index in [1.54, 1.807) is 36.4 Å². The average Bonchev–Trinajstić information content (AvgIpc) is 3.10. The summed E-state index contributed by atoms with van der Waals surface area (Å²) in [6.07, 6.45) is 0.272. The summed E-state index contributed by atoms with van der Waals surface area (Å²) in [5, 5.41) is 9.44. The first-order valence-corrected chi connectivity index (χ1v) is 10.2. The van der Waals surface area contributed by atoms with Crippen molar-refractivity contribution in [1.82, 2.24) is 9.80 Å². The average molecular weight is 400 g/mol. The monoisotopic (exact) mass is 400 g/mol. The lowest BCUT2D eigenvalue weighted by Gasteiger charge is -2.38. The summed E-state index contributed by atoms with van der Waals surface area (Å²) in [5.41, 5.74) is 1.79. The number of benzene rings is 2. The Hall–Kier alpha value is -2.47. The van der Waals surface area contributed by atoms with Gasteiger partial charge in [-0.05, 0) is 61.7 Å². The summed E-state index contributed by atoms with van der Waals surface area (Å²) >= 11 is 0. The van der Waals surface area contributed by atoms with Crippen LogP contribution in [0.15, 0.2) is 48.5 Å². The molecule has 154 valence electrons. The van der Waals surface area contributed by atoms with Crippen molar-refractivity contribution in [3.05, 3.63) is 65.5 Å². The smallest absolute Gasteiger partial charge is 0.240 e. The second kappa shape index (κ2) is 8.11. The number of alkyl halides is 1. The van der Waals surface area contributed by atoms with Crippen LogP contribution in [-0.2, 0) is 4.79 Å². The van der Waals surface area contributed by atoms with E-state index in [1.165, 1.54) is 12.1 Å². The first kappa shape index (κ1) is 19.8. The van der Waals surface area contributed by atoms with E-state index in [9.17, 15) is 18.7 Å². The number of rotatable bonds is 4. The molecule has 0 aliphatic carbocycles. The number of carbonyl (C=O) groups is 1. The van der Waals surface area contributed by atoms with Gasteiger partial charge >= 0.3 is 0 Å². The van der Waals surface area contributed by atoms with E-state index in [-0.39, 0.29) is 42.0 Å². The normalized spacial score (nSPS) is 26.7. The Kier molecular flexibility index (Phi) is 5.54. The number of halogens is 2. The number of hydrogen-bond donors (Lipinski definition) is 1. The first-order chi connectivity index (χ1) is 13.9. The molecule has 1 amide bonds. The third-order valence-corrected chi connectivity index (χ3v) is 6.37. The molecule has 2 saturated heterocycles. The largest absolute Gasteiger partial charge is 0.508 e. The van der Waals surface area contributed by atoms with Gasteiger partial charge in [-0.1, -0.05) is 24.3 Å². The van der Waals surface area contributed by atoms with Gasteiger partial charge in [-0.15, -0.1) is 0 Å². The topological polar surface area (TPSA) is 43.8 Å². The van der Waals surface area contributed by atoms with Crippen molar-refractivity contribution in [2.24, 2.45) is 0 Å². The van der Waals surface area contributed by atoms with Gasteiger partial charge in [0, 0.05) is 19.0 Å². The number of piperidine rings is 1. The SMILES string of the molecule is CC(c1ccc(F)cc1)N1CC[C@@H](N2CC[C@@H](c3ccc(O)cc3)[C@H](F)C2)C1=O. The molecule has 2 aliphatic rings. The molecule has 0 bridgehead atoms. The zero-order valence-electron chi connectivity index (χ0n) is 16.5. The zero-order chi connectivity index (χ0) is 20.5.